The van der Waals surface area contributed by atoms with Gasteiger partial charge in [0.1, 0.15) is 0 Å². The van der Waals surface area contributed by atoms with Crippen LogP contribution in [-0.4, -0.2) is 34.5 Å². The summed E-state index contributed by atoms with van der Waals surface area (Å²) in [6.07, 6.45) is -0.574. The first-order chi connectivity index (χ1) is 14.2. The molecule has 0 spiro atoms. The van der Waals surface area contributed by atoms with Gasteiger partial charge in [-0.3, -0.25) is 4.79 Å². The van der Waals surface area contributed by atoms with Crippen molar-refractivity contribution in [1.82, 2.24) is 10.0 Å². The lowest BCUT2D eigenvalue weighted by atomic mass is 10.0. The smallest absolute Gasteiger partial charge is 0.241 e. The molecule has 10 heteroatoms. The van der Waals surface area contributed by atoms with Crippen LogP contribution in [0.1, 0.15) is 30.5 Å². The van der Waals surface area contributed by atoms with E-state index in [0.29, 0.717) is 17.1 Å². The highest BCUT2D eigenvalue weighted by molar-refractivity contribution is 7.89. The minimum Gasteiger partial charge on any atom is -0.550 e. The van der Waals surface area contributed by atoms with Gasteiger partial charge in [0.15, 0.2) is 11.5 Å². The minimum absolute atomic E-state index is 0.0436. The Morgan fingerprint density at radius 1 is 1.03 bits per heavy atom. The Morgan fingerprint density at radius 3 is 2.20 bits per heavy atom. The molecule has 162 valence electrons. The van der Waals surface area contributed by atoms with Gasteiger partial charge in [0.05, 0.1) is 25.2 Å². The highest BCUT2D eigenvalue weighted by Gasteiger charge is 2.23. The Balaban J connectivity index is 2.29. The molecular formula is C20H23N2O7S-. The Bertz CT molecular complexity index is 1000. The van der Waals surface area contributed by atoms with Crippen molar-refractivity contribution in [3.05, 3.63) is 53.6 Å². The normalized spacial score (nSPS) is 12.1. The number of aliphatic carboxylic acids is 1. The molecule has 2 aromatic carbocycles. The van der Waals surface area contributed by atoms with Gasteiger partial charge in [-0.1, -0.05) is 18.2 Å². The maximum absolute atomic E-state index is 12.8. The van der Waals surface area contributed by atoms with Gasteiger partial charge in [-0.2, -0.15) is 0 Å². The molecule has 2 aromatic rings. The molecule has 0 aliphatic heterocycles. The third kappa shape index (κ3) is 6.19. The van der Waals surface area contributed by atoms with Gasteiger partial charge in [-0.25, -0.2) is 13.1 Å². The molecule has 0 saturated heterocycles. The number of methoxy groups -OCH3 is 2. The molecule has 0 bridgehead atoms. The summed E-state index contributed by atoms with van der Waals surface area (Å²) < 4.78 is 38.4. The lowest BCUT2D eigenvalue weighted by Crippen LogP contribution is -2.34. The van der Waals surface area contributed by atoms with Crippen molar-refractivity contribution < 1.29 is 32.6 Å². The average Bonchev–Trinajstić information content (AvgIpc) is 2.71. The van der Waals surface area contributed by atoms with Crippen LogP contribution in [0.25, 0.3) is 0 Å². The highest BCUT2D eigenvalue weighted by Crippen LogP contribution is 2.31. The van der Waals surface area contributed by atoms with Crippen LogP contribution >= 0.6 is 0 Å². The summed E-state index contributed by atoms with van der Waals surface area (Å²) in [5, 5.41) is 13.8. The van der Waals surface area contributed by atoms with Crippen LogP contribution in [0.4, 0.5) is 0 Å². The topological polar surface area (TPSA) is 134 Å². The first-order valence-corrected chi connectivity index (χ1v) is 10.4. The number of sulfonamides is 1. The molecule has 0 aromatic heterocycles. The molecule has 0 aliphatic rings. The van der Waals surface area contributed by atoms with E-state index in [0.717, 1.165) is 5.56 Å². The lowest BCUT2D eigenvalue weighted by molar-refractivity contribution is -0.306. The second-order valence-corrected chi connectivity index (χ2v) is 8.13. The number of carbonyl (C=O) groups is 2. The van der Waals surface area contributed by atoms with Gasteiger partial charge in [0.2, 0.25) is 15.9 Å². The predicted octanol–water partition coefficient (Wildman–Crippen LogP) is 0.500. The first-order valence-electron chi connectivity index (χ1n) is 8.93. The summed E-state index contributed by atoms with van der Waals surface area (Å²) in [5.74, 6) is -0.859. The number of hydrogen-bond acceptors (Lipinski definition) is 7. The number of ether oxygens (including phenoxy) is 2. The van der Waals surface area contributed by atoms with Crippen molar-refractivity contribution in [3.8, 4) is 11.5 Å². The maximum atomic E-state index is 12.8. The number of benzene rings is 2. The van der Waals surface area contributed by atoms with E-state index >= 15 is 0 Å². The summed E-state index contributed by atoms with van der Waals surface area (Å²) in [5.41, 5.74) is 1.10. The second-order valence-electron chi connectivity index (χ2n) is 6.42. The maximum Gasteiger partial charge on any atom is 0.241 e. The molecule has 2 N–H and O–H groups in total. The van der Waals surface area contributed by atoms with E-state index in [1.807, 2.05) is 0 Å². The third-order valence-electron chi connectivity index (χ3n) is 4.25. The van der Waals surface area contributed by atoms with Gasteiger partial charge < -0.3 is 24.7 Å². The molecule has 0 fully saturated rings. The van der Waals surface area contributed by atoms with E-state index in [1.54, 1.807) is 24.3 Å². The fourth-order valence-electron chi connectivity index (χ4n) is 2.73. The fourth-order valence-corrected chi connectivity index (χ4v) is 3.96. The molecule has 1 amide bonds. The zero-order valence-electron chi connectivity index (χ0n) is 16.8. The van der Waals surface area contributed by atoms with E-state index in [9.17, 15) is 23.1 Å². The van der Waals surface area contributed by atoms with Crippen molar-refractivity contribution in [2.75, 3.05) is 14.2 Å². The Kier molecular flexibility index (Phi) is 7.79. The van der Waals surface area contributed by atoms with Gasteiger partial charge in [0.25, 0.3) is 0 Å². The monoisotopic (exact) mass is 435 g/mol. The van der Waals surface area contributed by atoms with Crippen molar-refractivity contribution in [1.29, 1.82) is 0 Å². The lowest BCUT2D eigenvalue weighted by Gasteiger charge is -2.21. The molecule has 0 heterocycles. The molecule has 0 unspecified atom stereocenters. The fraction of sp³-hybridized carbons (Fsp3) is 0.300. The highest BCUT2D eigenvalue weighted by atomic mass is 32.2. The van der Waals surface area contributed by atoms with E-state index in [-0.39, 0.29) is 17.3 Å². The number of carboxylic acid groups (broad SMARTS) is 1. The van der Waals surface area contributed by atoms with Crippen LogP contribution in [0.3, 0.4) is 0 Å². The number of carbonyl (C=O) groups excluding carboxylic acids is 2. The van der Waals surface area contributed by atoms with E-state index in [2.05, 4.69) is 10.0 Å². The third-order valence-corrected chi connectivity index (χ3v) is 5.74. The molecule has 0 aliphatic carbocycles. The van der Waals surface area contributed by atoms with E-state index in [1.165, 1.54) is 39.3 Å². The van der Waals surface area contributed by atoms with Gasteiger partial charge in [-0.15, -0.1) is 0 Å². The molecule has 0 saturated carbocycles. The Hall–Kier alpha value is -3.11. The van der Waals surface area contributed by atoms with Crippen LogP contribution in [0.2, 0.25) is 0 Å². The zero-order valence-corrected chi connectivity index (χ0v) is 17.6. The van der Waals surface area contributed by atoms with Crippen LogP contribution in [0, 0.1) is 0 Å². The Labute approximate surface area is 175 Å². The number of rotatable bonds is 10. The van der Waals surface area contributed by atoms with Crippen LogP contribution in [-0.2, 0) is 26.2 Å². The van der Waals surface area contributed by atoms with Crippen molar-refractivity contribution >= 4 is 21.9 Å². The number of amides is 1. The van der Waals surface area contributed by atoms with Crippen molar-refractivity contribution in [2.45, 2.75) is 30.8 Å². The molecule has 2 rings (SSSR count). The minimum atomic E-state index is -4.04. The summed E-state index contributed by atoms with van der Waals surface area (Å²) in [6.45, 7) is 1.65. The van der Waals surface area contributed by atoms with Crippen LogP contribution in [0.5, 0.6) is 11.5 Å². The predicted molar refractivity (Wildman–Crippen MR) is 106 cm³/mol. The summed E-state index contributed by atoms with van der Waals surface area (Å²) in [6, 6.07) is 9.41. The first kappa shape index (κ1) is 23.2. The molecule has 9 nitrogen and oxygen atoms in total. The van der Waals surface area contributed by atoms with E-state index in [4.69, 9.17) is 9.47 Å². The summed E-state index contributed by atoms with van der Waals surface area (Å²) >= 11 is 0. The van der Waals surface area contributed by atoms with Crippen molar-refractivity contribution in [3.63, 3.8) is 0 Å². The summed E-state index contributed by atoms with van der Waals surface area (Å²) in [7, 11) is -1.17. The van der Waals surface area contributed by atoms with E-state index < -0.39 is 28.5 Å². The number of carboxylic acids is 1. The van der Waals surface area contributed by atoms with Gasteiger partial charge in [-0.05, 0) is 35.4 Å². The molecule has 30 heavy (non-hydrogen) atoms. The van der Waals surface area contributed by atoms with Crippen LogP contribution in [0.15, 0.2) is 47.4 Å². The molecular weight excluding hydrogens is 412 g/mol. The van der Waals surface area contributed by atoms with Gasteiger partial charge in [0, 0.05) is 25.9 Å². The zero-order chi connectivity index (χ0) is 22.3. The molecule has 0 radical (unpaired) electrons. The van der Waals surface area contributed by atoms with Crippen molar-refractivity contribution in [2.24, 2.45) is 0 Å². The second kappa shape index (κ2) is 10.1. The number of hydrogen-bond donors (Lipinski definition) is 2. The SMILES string of the molecule is COc1ccc([C@@H](CC(=O)[O-])NS(=O)(=O)c2ccc(CNC(C)=O)cc2)cc1OC. The Morgan fingerprint density at radius 2 is 1.67 bits per heavy atom. The standard InChI is InChI=1S/C20H24N2O7S/c1-13(23)21-12-14-4-7-16(8-5-14)30(26,27)22-17(11-20(24)25)15-6-9-18(28-2)19(10-15)29-3/h4-10,17,22H,11-12H2,1-3H3,(H,21,23)(H,24,25)/p-1/t17-/m1/s1. The van der Waals surface area contributed by atoms with Gasteiger partial charge >= 0.3 is 0 Å². The number of nitrogens with one attached hydrogen (secondary N) is 2. The summed E-state index contributed by atoms with van der Waals surface area (Å²) in [4.78, 5) is 22.2. The largest absolute Gasteiger partial charge is 0.550 e. The molecule has 1 atom stereocenters. The average molecular weight is 435 g/mol. The van der Waals surface area contributed by atoms with Crippen LogP contribution < -0.4 is 24.6 Å². The quantitative estimate of drug-likeness (QED) is 0.555.